The van der Waals surface area contributed by atoms with Gasteiger partial charge in [-0.15, -0.1) is 0 Å². The third-order valence-electron chi connectivity index (χ3n) is 11.8. The van der Waals surface area contributed by atoms with Crippen molar-refractivity contribution in [2.75, 3.05) is 24.5 Å². The number of rotatable bonds is 5. The second kappa shape index (κ2) is 17.5. The maximum Gasteiger partial charge on any atom is 0.0482 e. The van der Waals surface area contributed by atoms with Crippen LogP contribution in [0.5, 0.6) is 0 Å². The molecular weight excluding hydrogens is 791 g/mol. The molecule has 1 heterocycles. The number of para-hydroxylation sites is 5. The molecule has 0 N–H and O–H groups in total. The molecule has 0 saturated heterocycles. The van der Waals surface area contributed by atoms with Gasteiger partial charge >= 0.3 is 0 Å². The van der Waals surface area contributed by atoms with Crippen molar-refractivity contribution in [2.45, 2.75) is 0 Å². The van der Waals surface area contributed by atoms with Crippen molar-refractivity contribution < 1.29 is 0 Å². The molecule has 0 spiro atoms. The minimum atomic E-state index is 1.03. The highest BCUT2D eigenvalue weighted by Gasteiger charge is 2.23. The molecule has 0 amide bonds. The zero-order valence-corrected chi connectivity index (χ0v) is 35.7. The van der Waals surface area contributed by atoms with E-state index in [0.717, 1.165) is 85.3 Å². The minimum Gasteiger partial charge on any atom is -0.310 e. The Bertz CT molecular complexity index is 2580. The lowest BCUT2D eigenvalue weighted by atomic mass is 10.1. The molecule has 10 aromatic carbocycles. The number of benzene rings is 10. The monoisotopic (exact) mass is 835 g/mol. The van der Waals surface area contributed by atoms with Gasteiger partial charge in [0.05, 0.1) is 0 Å². The van der Waals surface area contributed by atoms with Gasteiger partial charge in [-0.05, 0) is 152 Å². The van der Waals surface area contributed by atoms with Crippen molar-refractivity contribution >= 4 is 85.3 Å². The largest absolute Gasteiger partial charge is 0.310 e. The molecule has 65 heavy (non-hydrogen) atoms. The van der Waals surface area contributed by atoms with E-state index in [1.54, 1.807) is 0 Å². The Morgan fingerprint density at radius 2 is 0.246 bits per heavy atom. The van der Waals surface area contributed by atoms with Gasteiger partial charge in [-0.2, -0.15) is 0 Å². The van der Waals surface area contributed by atoms with Crippen LogP contribution >= 0.6 is 0 Å². The van der Waals surface area contributed by atoms with E-state index in [-0.39, 0.29) is 0 Å². The Hall–Kier alpha value is -8.80. The predicted octanol–water partition coefficient (Wildman–Crippen LogP) is 17.3. The Labute approximate surface area is 381 Å². The number of hydrogen-bond acceptors (Lipinski definition) is 5. The number of nitrogens with zero attached hydrogens (tertiary/aromatic N) is 5. The first-order chi connectivity index (χ1) is 32.2. The van der Waals surface area contributed by atoms with Gasteiger partial charge in [0, 0.05) is 85.3 Å². The van der Waals surface area contributed by atoms with Gasteiger partial charge in [-0.1, -0.05) is 121 Å². The average Bonchev–Trinajstić information content (AvgIpc) is 3.37. The highest BCUT2D eigenvalue weighted by atomic mass is 15.2. The molecule has 0 fully saturated rings. The first kappa shape index (κ1) is 39.1. The maximum absolute atomic E-state index is 2.35. The molecular formula is C60H45N5. The van der Waals surface area contributed by atoms with Crippen LogP contribution in [0.15, 0.2) is 273 Å². The molecule has 310 valence electrons. The first-order valence-electron chi connectivity index (χ1n) is 22.0. The summed E-state index contributed by atoms with van der Waals surface area (Å²) >= 11 is 0. The fourth-order valence-corrected chi connectivity index (χ4v) is 8.98. The second-order valence-corrected chi connectivity index (χ2v) is 16.0. The third-order valence-corrected chi connectivity index (χ3v) is 11.8. The topological polar surface area (TPSA) is 16.2 Å². The summed E-state index contributed by atoms with van der Waals surface area (Å²) in [6, 6.07) is 97.6. The molecule has 1 aliphatic heterocycles. The van der Waals surface area contributed by atoms with Crippen molar-refractivity contribution in [1.82, 2.24) is 0 Å². The van der Waals surface area contributed by atoms with E-state index in [1.807, 2.05) is 0 Å². The lowest BCUT2D eigenvalue weighted by molar-refractivity contribution is 1.22. The molecule has 0 aromatic heterocycles. The van der Waals surface area contributed by atoms with E-state index < -0.39 is 0 Å². The van der Waals surface area contributed by atoms with Crippen LogP contribution in [0.25, 0.3) is 0 Å². The molecule has 11 rings (SSSR count). The molecule has 1 aliphatic rings. The SMILES string of the molecule is c1ccc(N2c3cccc(c3)N(c3ccccc3)c3cccc(c3)N(c3ccccc3)c3cccc(c3)N(c3ccccc3)c3cccc(c3)N(c3ccccc3)c3cccc2c3)cc1. The summed E-state index contributed by atoms with van der Waals surface area (Å²) in [6.07, 6.45) is 0. The first-order valence-corrected chi connectivity index (χ1v) is 22.0. The molecule has 10 aromatic rings. The lowest BCUT2D eigenvalue weighted by Crippen LogP contribution is -2.16. The van der Waals surface area contributed by atoms with Crippen molar-refractivity contribution in [3.63, 3.8) is 0 Å². The number of hydrogen-bond donors (Lipinski definition) is 0. The zero-order chi connectivity index (χ0) is 43.4. The van der Waals surface area contributed by atoms with Crippen LogP contribution < -0.4 is 24.5 Å². The summed E-state index contributed by atoms with van der Waals surface area (Å²) in [6.45, 7) is 0. The quantitative estimate of drug-likeness (QED) is 0.171. The van der Waals surface area contributed by atoms with E-state index >= 15 is 0 Å². The van der Waals surface area contributed by atoms with E-state index in [1.165, 1.54) is 0 Å². The molecule has 0 radical (unpaired) electrons. The van der Waals surface area contributed by atoms with Gasteiger partial charge < -0.3 is 24.5 Å². The summed E-state index contributed by atoms with van der Waals surface area (Å²) in [5.41, 5.74) is 15.6. The number of anilines is 15. The fraction of sp³-hybridized carbons (Fsp3) is 0. The highest BCUT2D eigenvalue weighted by molar-refractivity contribution is 5.90. The molecule has 5 nitrogen and oxygen atoms in total. The molecule has 0 atom stereocenters. The van der Waals surface area contributed by atoms with Gasteiger partial charge in [0.15, 0.2) is 0 Å². The van der Waals surface area contributed by atoms with Crippen molar-refractivity contribution in [1.29, 1.82) is 0 Å². The standard InChI is InChI=1S/C60H45N5/c1-6-21-46(22-7-1)61-51-31-16-33-53(41-51)62(47-23-8-2-9-24-47)55-35-18-37-57(43-55)64(49-27-12-4-13-28-49)59-39-20-40-60(45-59)65(50-29-14-5-15-30-50)58-38-19-36-56(44-58)63(48-25-10-3-11-26-48)54-34-17-32-52(61)42-54/h1-45H. The lowest BCUT2D eigenvalue weighted by Gasteiger charge is -2.33. The van der Waals surface area contributed by atoms with Crippen LogP contribution in [-0.2, 0) is 0 Å². The van der Waals surface area contributed by atoms with Crippen molar-refractivity contribution in [2.24, 2.45) is 0 Å². The summed E-state index contributed by atoms with van der Waals surface area (Å²) in [5.74, 6) is 0. The smallest absolute Gasteiger partial charge is 0.0482 e. The zero-order valence-electron chi connectivity index (χ0n) is 35.7. The van der Waals surface area contributed by atoms with E-state index in [4.69, 9.17) is 0 Å². The molecule has 0 aliphatic carbocycles. The Morgan fingerprint density at radius 1 is 0.123 bits per heavy atom. The van der Waals surface area contributed by atoms with Crippen molar-refractivity contribution in [3.8, 4) is 0 Å². The van der Waals surface area contributed by atoms with Gasteiger partial charge in [-0.25, -0.2) is 0 Å². The van der Waals surface area contributed by atoms with Gasteiger partial charge in [0.25, 0.3) is 0 Å². The number of fused-ring (bicyclic) bond motifs is 10. The third kappa shape index (κ3) is 7.84. The van der Waals surface area contributed by atoms with E-state index in [9.17, 15) is 0 Å². The van der Waals surface area contributed by atoms with Crippen LogP contribution in [0.1, 0.15) is 0 Å². The molecule has 10 bridgehead atoms. The summed E-state index contributed by atoms with van der Waals surface area (Å²) in [7, 11) is 0. The summed E-state index contributed by atoms with van der Waals surface area (Å²) in [4.78, 5) is 11.8. The Balaban J connectivity index is 1.21. The predicted molar refractivity (Wildman–Crippen MR) is 273 cm³/mol. The Kier molecular flexibility index (Phi) is 10.5. The minimum absolute atomic E-state index is 1.03. The fourth-order valence-electron chi connectivity index (χ4n) is 8.98. The highest BCUT2D eigenvalue weighted by Crippen LogP contribution is 2.47. The maximum atomic E-state index is 2.35. The van der Waals surface area contributed by atoms with Gasteiger partial charge in [0.1, 0.15) is 0 Å². The van der Waals surface area contributed by atoms with Crippen LogP contribution in [0, 0.1) is 0 Å². The molecule has 0 unspecified atom stereocenters. The average molecular weight is 836 g/mol. The normalized spacial score (nSPS) is 12.5. The van der Waals surface area contributed by atoms with E-state index in [0.29, 0.717) is 0 Å². The Morgan fingerprint density at radius 3 is 0.385 bits per heavy atom. The second-order valence-electron chi connectivity index (χ2n) is 16.0. The van der Waals surface area contributed by atoms with Gasteiger partial charge in [-0.3, -0.25) is 0 Å². The summed E-state index contributed by atoms with van der Waals surface area (Å²) in [5, 5.41) is 0. The van der Waals surface area contributed by atoms with Crippen LogP contribution in [0.4, 0.5) is 85.3 Å². The van der Waals surface area contributed by atoms with Crippen molar-refractivity contribution in [3.05, 3.63) is 273 Å². The molecule has 0 saturated carbocycles. The molecule has 5 heteroatoms. The van der Waals surface area contributed by atoms with Crippen LogP contribution in [-0.4, -0.2) is 0 Å². The van der Waals surface area contributed by atoms with E-state index in [2.05, 4.69) is 297 Å². The van der Waals surface area contributed by atoms with Crippen LogP contribution in [0.3, 0.4) is 0 Å². The summed E-state index contributed by atoms with van der Waals surface area (Å²) < 4.78 is 0. The van der Waals surface area contributed by atoms with Crippen LogP contribution in [0.2, 0.25) is 0 Å². The van der Waals surface area contributed by atoms with Gasteiger partial charge in [0.2, 0.25) is 0 Å².